The number of hydrogen-bond acceptors (Lipinski definition) is 1. The Morgan fingerprint density at radius 1 is 1.44 bits per heavy atom. The second-order valence-corrected chi connectivity index (χ2v) is 4.79. The molecular weight excluding hydrogens is 248 g/mol. The lowest BCUT2D eigenvalue weighted by Gasteiger charge is -2.02. The molecule has 1 amide bonds. The molecule has 0 bridgehead atoms. The fraction of sp³-hybridized carbons (Fsp3) is 0.357. The van der Waals surface area contributed by atoms with Crippen molar-refractivity contribution in [1.29, 1.82) is 0 Å². The van der Waals surface area contributed by atoms with Crippen LogP contribution in [-0.2, 0) is 18.3 Å². The van der Waals surface area contributed by atoms with Crippen LogP contribution in [0.4, 0.5) is 0 Å². The number of nitrogens with zero attached hydrogens (tertiary/aromatic N) is 1. The largest absolute Gasteiger partial charge is 0.355 e. The Balaban J connectivity index is 2.18. The number of benzene rings is 1. The molecule has 0 aliphatic heterocycles. The van der Waals surface area contributed by atoms with Crippen molar-refractivity contribution < 1.29 is 4.79 Å². The number of rotatable bonds is 4. The third-order valence-corrected chi connectivity index (χ3v) is 3.31. The molecule has 0 aliphatic carbocycles. The summed E-state index contributed by atoms with van der Waals surface area (Å²) < 4.78 is 2.12. The highest BCUT2D eigenvalue weighted by molar-refractivity contribution is 6.27. The van der Waals surface area contributed by atoms with E-state index in [1.165, 1.54) is 22.0 Å². The van der Waals surface area contributed by atoms with Gasteiger partial charge in [0.2, 0.25) is 5.91 Å². The van der Waals surface area contributed by atoms with Crippen LogP contribution in [0.1, 0.15) is 11.1 Å². The maximum absolute atomic E-state index is 11.1. The summed E-state index contributed by atoms with van der Waals surface area (Å²) in [5.74, 6) is -0.0950. The minimum Gasteiger partial charge on any atom is -0.355 e. The summed E-state index contributed by atoms with van der Waals surface area (Å²) in [5.41, 5.74) is 3.73. The Morgan fingerprint density at radius 2 is 2.22 bits per heavy atom. The van der Waals surface area contributed by atoms with E-state index in [-0.39, 0.29) is 11.8 Å². The van der Waals surface area contributed by atoms with E-state index in [1.807, 2.05) is 7.05 Å². The van der Waals surface area contributed by atoms with E-state index in [0.717, 1.165) is 6.42 Å². The maximum Gasteiger partial charge on any atom is 0.234 e. The van der Waals surface area contributed by atoms with E-state index in [4.69, 9.17) is 11.6 Å². The minimum absolute atomic E-state index is 0.0225. The third-order valence-electron chi connectivity index (χ3n) is 3.07. The predicted octanol–water partition coefficient (Wildman–Crippen LogP) is 2.38. The summed E-state index contributed by atoms with van der Waals surface area (Å²) in [7, 11) is 2.04. The van der Waals surface area contributed by atoms with Crippen LogP contribution in [0, 0.1) is 6.92 Å². The summed E-state index contributed by atoms with van der Waals surface area (Å²) >= 11 is 5.44. The molecule has 2 aromatic rings. The standard InChI is InChI=1S/C14H17ClN2O/c1-10-3-4-13-12(7-10)11(9-17(13)2)5-6-16-14(18)8-15/h3-4,7,9H,5-6,8H2,1-2H3,(H,16,18). The fourth-order valence-electron chi connectivity index (χ4n) is 2.17. The van der Waals surface area contributed by atoms with Crippen molar-refractivity contribution in [2.75, 3.05) is 12.4 Å². The van der Waals surface area contributed by atoms with Gasteiger partial charge in [0.05, 0.1) is 0 Å². The number of alkyl halides is 1. The molecule has 2 rings (SSSR count). The normalized spacial score (nSPS) is 10.8. The Kier molecular flexibility index (Phi) is 3.92. The summed E-state index contributed by atoms with van der Waals surface area (Å²) in [6.07, 6.45) is 2.94. The third kappa shape index (κ3) is 2.67. The molecule has 0 saturated carbocycles. The highest BCUT2D eigenvalue weighted by atomic mass is 35.5. The number of amides is 1. The summed E-state index contributed by atoms with van der Waals surface area (Å²) in [5, 5.41) is 4.05. The van der Waals surface area contributed by atoms with Gasteiger partial charge in [0.25, 0.3) is 0 Å². The lowest BCUT2D eigenvalue weighted by atomic mass is 10.1. The fourth-order valence-corrected chi connectivity index (χ4v) is 2.27. The molecule has 4 heteroatoms. The van der Waals surface area contributed by atoms with E-state index in [9.17, 15) is 4.79 Å². The molecule has 0 fully saturated rings. The Labute approximate surface area is 112 Å². The van der Waals surface area contributed by atoms with Gasteiger partial charge >= 0.3 is 0 Å². The first kappa shape index (κ1) is 13.0. The monoisotopic (exact) mass is 264 g/mol. The molecule has 1 aromatic heterocycles. The van der Waals surface area contributed by atoms with Gasteiger partial charge in [-0.15, -0.1) is 11.6 Å². The van der Waals surface area contributed by atoms with Crippen LogP contribution in [-0.4, -0.2) is 22.9 Å². The molecule has 0 aliphatic rings. The van der Waals surface area contributed by atoms with Crippen LogP contribution in [0.25, 0.3) is 10.9 Å². The van der Waals surface area contributed by atoms with Gasteiger partial charge in [0.15, 0.2) is 0 Å². The molecule has 0 radical (unpaired) electrons. The lowest BCUT2D eigenvalue weighted by Crippen LogP contribution is -2.26. The van der Waals surface area contributed by atoms with Gasteiger partial charge in [-0.3, -0.25) is 4.79 Å². The first-order chi connectivity index (χ1) is 8.61. The minimum atomic E-state index is -0.118. The van der Waals surface area contributed by atoms with Crippen molar-refractivity contribution in [1.82, 2.24) is 9.88 Å². The van der Waals surface area contributed by atoms with Gasteiger partial charge in [-0.1, -0.05) is 11.6 Å². The van der Waals surface area contributed by atoms with Crippen LogP contribution in [0.15, 0.2) is 24.4 Å². The topological polar surface area (TPSA) is 34.0 Å². The van der Waals surface area contributed by atoms with Gasteiger partial charge in [-0.05, 0) is 31.0 Å². The second-order valence-electron chi connectivity index (χ2n) is 4.52. The maximum atomic E-state index is 11.1. The predicted molar refractivity (Wildman–Crippen MR) is 75.1 cm³/mol. The van der Waals surface area contributed by atoms with Crippen molar-refractivity contribution in [3.63, 3.8) is 0 Å². The first-order valence-corrected chi connectivity index (χ1v) is 6.52. The molecule has 3 nitrogen and oxygen atoms in total. The van der Waals surface area contributed by atoms with Gasteiger partial charge in [0.1, 0.15) is 5.88 Å². The van der Waals surface area contributed by atoms with Crippen LogP contribution >= 0.6 is 11.6 Å². The number of carbonyl (C=O) groups excluding carboxylic acids is 1. The van der Waals surface area contributed by atoms with Crippen molar-refractivity contribution in [3.8, 4) is 0 Å². The van der Waals surface area contributed by atoms with Crippen LogP contribution in [0.5, 0.6) is 0 Å². The van der Waals surface area contributed by atoms with Gasteiger partial charge in [-0.25, -0.2) is 0 Å². The first-order valence-electron chi connectivity index (χ1n) is 5.99. The van der Waals surface area contributed by atoms with Crippen LogP contribution < -0.4 is 5.32 Å². The van der Waals surface area contributed by atoms with Crippen LogP contribution in [0.3, 0.4) is 0 Å². The summed E-state index contributed by atoms with van der Waals surface area (Å²) in [6.45, 7) is 2.71. The molecule has 1 heterocycles. The number of aryl methyl sites for hydroxylation is 2. The van der Waals surface area contributed by atoms with E-state index in [2.05, 4.69) is 41.2 Å². The van der Waals surface area contributed by atoms with Crippen molar-refractivity contribution >= 4 is 28.4 Å². The van der Waals surface area contributed by atoms with Gasteiger partial charge < -0.3 is 9.88 Å². The number of aromatic nitrogens is 1. The number of fused-ring (bicyclic) bond motifs is 1. The number of hydrogen-bond donors (Lipinski definition) is 1. The Bertz CT molecular complexity index is 574. The molecule has 1 N–H and O–H groups in total. The zero-order valence-corrected chi connectivity index (χ0v) is 11.4. The average Bonchev–Trinajstić information content (AvgIpc) is 2.65. The number of nitrogens with one attached hydrogen (secondary N) is 1. The highest BCUT2D eigenvalue weighted by Crippen LogP contribution is 2.22. The smallest absolute Gasteiger partial charge is 0.234 e. The Morgan fingerprint density at radius 3 is 2.94 bits per heavy atom. The molecule has 0 spiro atoms. The van der Waals surface area contributed by atoms with E-state index in [1.54, 1.807) is 0 Å². The van der Waals surface area contributed by atoms with Gasteiger partial charge in [-0.2, -0.15) is 0 Å². The number of carbonyl (C=O) groups is 1. The molecule has 0 atom stereocenters. The molecule has 0 unspecified atom stereocenters. The highest BCUT2D eigenvalue weighted by Gasteiger charge is 2.07. The average molecular weight is 265 g/mol. The summed E-state index contributed by atoms with van der Waals surface area (Å²) in [6, 6.07) is 6.43. The molecular formula is C14H17ClN2O. The van der Waals surface area contributed by atoms with Crippen LogP contribution in [0.2, 0.25) is 0 Å². The summed E-state index contributed by atoms with van der Waals surface area (Å²) in [4.78, 5) is 11.1. The van der Waals surface area contributed by atoms with Crippen molar-refractivity contribution in [3.05, 3.63) is 35.5 Å². The number of halogens is 1. The SMILES string of the molecule is Cc1ccc2c(c1)c(CCNC(=O)CCl)cn2C. The zero-order valence-electron chi connectivity index (χ0n) is 10.7. The van der Waals surface area contributed by atoms with E-state index >= 15 is 0 Å². The molecule has 18 heavy (non-hydrogen) atoms. The Hall–Kier alpha value is -1.48. The van der Waals surface area contributed by atoms with Crippen molar-refractivity contribution in [2.45, 2.75) is 13.3 Å². The van der Waals surface area contributed by atoms with Crippen molar-refractivity contribution in [2.24, 2.45) is 7.05 Å². The zero-order chi connectivity index (χ0) is 13.1. The molecule has 96 valence electrons. The lowest BCUT2D eigenvalue weighted by molar-refractivity contribution is -0.118. The molecule has 0 saturated heterocycles. The quantitative estimate of drug-likeness (QED) is 0.846. The van der Waals surface area contributed by atoms with Gasteiger partial charge in [0, 0.05) is 30.7 Å². The molecule has 1 aromatic carbocycles. The van der Waals surface area contributed by atoms with E-state index < -0.39 is 0 Å². The van der Waals surface area contributed by atoms with E-state index in [0.29, 0.717) is 6.54 Å². The second kappa shape index (κ2) is 5.44.